The molecule has 1 heterocycles. The minimum Gasteiger partial charge on any atom is -0.465 e. The van der Waals surface area contributed by atoms with E-state index in [0.29, 0.717) is 10.1 Å². The molecule has 1 aromatic heterocycles. The van der Waals surface area contributed by atoms with Crippen LogP contribution in [0.5, 0.6) is 0 Å². The van der Waals surface area contributed by atoms with Crippen molar-refractivity contribution in [3.05, 3.63) is 70.4 Å². The molecular weight excluding hydrogens is 342 g/mol. The Hall–Kier alpha value is -3.13. The number of aromatic nitrogens is 2. The number of hydrogen-bond donors (Lipinski definition) is 1. The van der Waals surface area contributed by atoms with Gasteiger partial charge in [0.2, 0.25) is 0 Å². The Balaban J connectivity index is 1.91. The van der Waals surface area contributed by atoms with Crippen LogP contribution in [0.4, 0.5) is 5.69 Å². The molecule has 2 aromatic carbocycles. The number of esters is 1. The van der Waals surface area contributed by atoms with Crippen LogP contribution in [0.3, 0.4) is 0 Å². The summed E-state index contributed by atoms with van der Waals surface area (Å²) in [6.07, 6.45) is 1.70. The van der Waals surface area contributed by atoms with E-state index in [2.05, 4.69) is 9.97 Å². The molecule has 0 radical (unpaired) electrons. The van der Waals surface area contributed by atoms with Crippen molar-refractivity contribution in [2.24, 2.45) is 0 Å². The summed E-state index contributed by atoms with van der Waals surface area (Å²) in [7, 11) is 1.23. The van der Waals surface area contributed by atoms with Crippen LogP contribution in [0.15, 0.2) is 64.8 Å². The first-order valence-corrected chi connectivity index (χ1v) is 8.05. The average Bonchev–Trinajstić information content (AvgIpc) is 3.10. The fourth-order valence-electron chi connectivity index (χ4n) is 2.21. The second-order valence-electron chi connectivity index (χ2n) is 5.00. The molecule has 3 rings (SSSR count). The summed E-state index contributed by atoms with van der Waals surface area (Å²) in [6.45, 7) is 0. The molecule has 7 nitrogen and oxygen atoms in total. The molecule has 0 aliphatic rings. The highest BCUT2D eigenvalue weighted by molar-refractivity contribution is 7.99. The second-order valence-corrected chi connectivity index (χ2v) is 6.03. The second kappa shape index (κ2) is 7.18. The van der Waals surface area contributed by atoms with E-state index in [9.17, 15) is 14.9 Å². The van der Waals surface area contributed by atoms with Gasteiger partial charge in [0.15, 0.2) is 5.16 Å². The number of imidazole rings is 1. The summed E-state index contributed by atoms with van der Waals surface area (Å²) >= 11 is 1.20. The zero-order valence-electron chi connectivity index (χ0n) is 13.1. The SMILES string of the molecule is COC(=O)c1cc([N+](=O)[O-])ccc1Sc1ncc(-c2ccccc2)[nH]1. The van der Waals surface area contributed by atoms with Crippen LogP contribution >= 0.6 is 11.8 Å². The summed E-state index contributed by atoms with van der Waals surface area (Å²) in [5.74, 6) is -0.638. The quantitative estimate of drug-likeness (QED) is 0.423. The lowest BCUT2D eigenvalue weighted by Gasteiger charge is -2.06. The van der Waals surface area contributed by atoms with E-state index in [0.717, 1.165) is 11.3 Å². The van der Waals surface area contributed by atoms with Gasteiger partial charge in [0, 0.05) is 17.0 Å². The normalized spacial score (nSPS) is 10.4. The first-order chi connectivity index (χ1) is 12.1. The van der Waals surface area contributed by atoms with E-state index in [4.69, 9.17) is 4.74 Å². The molecule has 1 N–H and O–H groups in total. The average molecular weight is 355 g/mol. The van der Waals surface area contributed by atoms with Gasteiger partial charge >= 0.3 is 5.97 Å². The van der Waals surface area contributed by atoms with E-state index < -0.39 is 10.9 Å². The molecule has 3 aromatic rings. The van der Waals surface area contributed by atoms with Gasteiger partial charge in [-0.25, -0.2) is 9.78 Å². The number of nitrogens with zero attached hydrogens (tertiary/aromatic N) is 2. The predicted molar refractivity (Wildman–Crippen MR) is 92.6 cm³/mol. The number of aromatic amines is 1. The van der Waals surface area contributed by atoms with Crippen LogP contribution in [0.1, 0.15) is 10.4 Å². The van der Waals surface area contributed by atoms with Crippen LogP contribution < -0.4 is 0 Å². The van der Waals surface area contributed by atoms with Crippen molar-refractivity contribution in [1.82, 2.24) is 9.97 Å². The van der Waals surface area contributed by atoms with E-state index in [-0.39, 0.29) is 11.3 Å². The van der Waals surface area contributed by atoms with Crippen LogP contribution in [-0.2, 0) is 4.74 Å². The lowest BCUT2D eigenvalue weighted by atomic mass is 10.2. The minimum atomic E-state index is -0.638. The van der Waals surface area contributed by atoms with Crippen LogP contribution in [-0.4, -0.2) is 28.0 Å². The predicted octanol–water partition coefficient (Wildman–Crippen LogP) is 3.92. The Morgan fingerprint density at radius 1 is 1.24 bits per heavy atom. The number of nitro benzene ring substituents is 1. The number of nitrogens with one attached hydrogen (secondary N) is 1. The largest absolute Gasteiger partial charge is 0.465 e. The molecule has 0 atom stereocenters. The molecule has 0 fully saturated rings. The number of methoxy groups -OCH3 is 1. The third-order valence-corrected chi connectivity index (χ3v) is 4.40. The Labute approximate surface area is 147 Å². The summed E-state index contributed by atoms with van der Waals surface area (Å²) in [6, 6.07) is 13.7. The van der Waals surface area contributed by atoms with Gasteiger partial charge in [-0.2, -0.15) is 0 Å². The van der Waals surface area contributed by atoms with Crippen molar-refractivity contribution in [2.75, 3.05) is 7.11 Å². The van der Waals surface area contributed by atoms with Gasteiger partial charge in [-0.3, -0.25) is 10.1 Å². The number of nitro groups is 1. The molecule has 0 aliphatic carbocycles. The van der Waals surface area contributed by atoms with Gasteiger partial charge in [-0.15, -0.1) is 0 Å². The first kappa shape index (κ1) is 16.7. The molecule has 0 unspecified atom stereocenters. The van der Waals surface area contributed by atoms with Crippen molar-refractivity contribution >= 4 is 23.4 Å². The first-order valence-electron chi connectivity index (χ1n) is 7.23. The highest BCUT2D eigenvalue weighted by Gasteiger charge is 2.19. The van der Waals surface area contributed by atoms with Crippen molar-refractivity contribution in [3.8, 4) is 11.3 Å². The topological polar surface area (TPSA) is 98.1 Å². The maximum atomic E-state index is 11.9. The lowest BCUT2D eigenvalue weighted by molar-refractivity contribution is -0.384. The number of ether oxygens (including phenoxy) is 1. The van der Waals surface area contributed by atoms with E-state index in [1.807, 2.05) is 30.3 Å². The highest BCUT2D eigenvalue weighted by Crippen LogP contribution is 2.32. The molecule has 25 heavy (non-hydrogen) atoms. The zero-order valence-corrected chi connectivity index (χ0v) is 13.9. The Morgan fingerprint density at radius 3 is 2.68 bits per heavy atom. The fraction of sp³-hybridized carbons (Fsp3) is 0.0588. The third kappa shape index (κ3) is 3.69. The molecule has 8 heteroatoms. The van der Waals surface area contributed by atoms with Crippen molar-refractivity contribution in [3.63, 3.8) is 0 Å². The van der Waals surface area contributed by atoms with E-state index in [1.54, 1.807) is 6.20 Å². The molecule has 0 bridgehead atoms. The van der Waals surface area contributed by atoms with Gasteiger partial charge in [-0.1, -0.05) is 42.1 Å². The summed E-state index contributed by atoms with van der Waals surface area (Å²) in [5, 5.41) is 11.5. The molecule has 126 valence electrons. The van der Waals surface area contributed by atoms with Crippen molar-refractivity contribution < 1.29 is 14.5 Å². The molecule has 0 spiro atoms. The van der Waals surface area contributed by atoms with Gasteiger partial charge in [-0.05, 0) is 11.6 Å². The van der Waals surface area contributed by atoms with Gasteiger partial charge in [0.1, 0.15) is 0 Å². The lowest BCUT2D eigenvalue weighted by Crippen LogP contribution is -2.04. The molecular formula is C17H13N3O4S. The number of rotatable bonds is 5. The smallest absolute Gasteiger partial charge is 0.339 e. The van der Waals surface area contributed by atoms with E-state index >= 15 is 0 Å². The molecule has 0 amide bonds. The highest BCUT2D eigenvalue weighted by atomic mass is 32.2. The third-order valence-electron chi connectivity index (χ3n) is 3.42. The number of non-ortho nitro benzene ring substituents is 1. The Morgan fingerprint density at radius 2 is 2.00 bits per heavy atom. The minimum absolute atomic E-state index is 0.124. The Bertz CT molecular complexity index is 925. The summed E-state index contributed by atoms with van der Waals surface area (Å²) in [5.41, 5.74) is 1.77. The van der Waals surface area contributed by atoms with Crippen molar-refractivity contribution in [1.29, 1.82) is 0 Å². The number of benzene rings is 2. The van der Waals surface area contributed by atoms with Crippen LogP contribution in [0.2, 0.25) is 0 Å². The summed E-state index contributed by atoms with van der Waals surface area (Å²) < 4.78 is 4.72. The van der Waals surface area contributed by atoms with Crippen molar-refractivity contribution in [2.45, 2.75) is 10.1 Å². The van der Waals surface area contributed by atoms with E-state index in [1.165, 1.54) is 37.1 Å². The van der Waals surface area contributed by atoms with Gasteiger partial charge < -0.3 is 9.72 Å². The number of carbonyl (C=O) groups excluding carboxylic acids is 1. The van der Waals surface area contributed by atoms with Crippen LogP contribution in [0.25, 0.3) is 11.3 Å². The van der Waals surface area contributed by atoms with Gasteiger partial charge in [0.25, 0.3) is 5.69 Å². The monoisotopic (exact) mass is 355 g/mol. The number of H-pyrrole nitrogens is 1. The van der Waals surface area contributed by atoms with Crippen LogP contribution in [0, 0.1) is 10.1 Å². The Kier molecular flexibility index (Phi) is 4.80. The maximum absolute atomic E-state index is 11.9. The number of hydrogen-bond acceptors (Lipinski definition) is 6. The standard InChI is InChI=1S/C17H13N3O4S/c1-24-16(21)13-9-12(20(22)23)7-8-15(13)25-17-18-10-14(19-17)11-5-3-2-4-6-11/h2-10H,1H3,(H,18,19). The zero-order chi connectivity index (χ0) is 17.8. The molecule has 0 saturated heterocycles. The fourth-order valence-corrected chi connectivity index (χ4v) is 3.08. The molecule has 0 aliphatic heterocycles. The van der Waals surface area contributed by atoms with Gasteiger partial charge in [0.05, 0.1) is 29.5 Å². The molecule has 0 saturated carbocycles. The maximum Gasteiger partial charge on any atom is 0.339 e. The number of carbonyl (C=O) groups is 1. The summed E-state index contributed by atoms with van der Waals surface area (Å²) in [4.78, 5) is 30.3.